The van der Waals surface area contributed by atoms with Gasteiger partial charge in [0.2, 0.25) is 11.9 Å². The van der Waals surface area contributed by atoms with Crippen molar-refractivity contribution in [2.75, 3.05) is 0 Å². The number of aromatic nitrogens is 2. The van der Waals surface area contributed by atoms with Crippen molar-refractivity contribution >= 4 is 22.5 Å². The van der Waals surface area contributed by atoms with Gasteiger partial charge in [-0.25, -0.2) is 0 Å². The monoisotopic (exact) mass is 257 g/mol. The molecule has 0 spiro atoms. The summed E-state index contributed by atoms with van der Waals surface area (Å²) in [7, 11) is 0. The second kappa shape index (κ2) is 4.27. The van der Waals surface area contributed by atoms with Crippen molar-refractivity contribution in [2.24, 2.45) is 0 Å². The molecule has 4 heteroatoms. The van der Waals surface area contributed by atoms with E-state index in [1.54, 1.807) is 22.9 Å². The summed E-state index contributed by atoms with van der Waals surface area (Å²) >= 11 is 5.89. The molecule has 0 saturated heterocycles. The number of hydrogen-bond acceptors (Lipinski definition) is 1. The second-order valence-electron chi connectivity index (χ2n) is 4.00. The third-order valence-corrected chi connectivity index (χ3v) is 3.00. The van der Waals surface area contributed by atoms with Crippen LogP contribution in [0.2, 0.25) is 5.02 Å². The molecule has 3 aromatic rings. The highest BCUT2D eigenvalue weighted by Gasteiger charge is 2.10. The van der Waals surface area contributed by atoms with Crippen LogP contribution in [-0.4, -0.2) is 5.10 Å². The number of benzene rings is 2. The van der Waals surface area contributed by atoms with Crippen LogP contribution in [-0.2, 0) is 0 Å². The Morgan fingerprint density at radius 2 is 1.83 bits per heavy atom. The Morgan fingerprint density at radius 3 is 2.61 bits per heavy atom. The molecule has 0 aliphatic rings. The molecule has 0 fully saturated rings. The van der Waals surface area contributed by atoms with Crippen molar-refractivity contribution in [3.63, 3.8) is 0 Å². The predicted octanol–water partition coefficient (Wildman–Crippen LogP) is 2.46. The number of nitrogens with zero attached hydrogens (tertiary/aromatic N) is 1. The Labute approximate surface area is 108 Å². The fourth-order valence-electron chi connectivity index (χ4n) is 1.89. The predicted molar refractivity (Wildman–Crippen MR) is 71.1 cm³/mol. The lowest BCUT2D eigenvalue weighted by Crippen LogP contribution is -2.38. The van der Waals surface area contributed by atoms with Gasteiger partial charge in [-0.3, -0.25) is 4.79 Å². The van der Waals surface area contributed by atoms with Crippen molar-refractivity contribution < 1.29 is 4.68 Å². The first kappa shape index (κ1) is 11.0. The van der Waals surface area contributed by atoms with E-state index in [-0.39, 0.29) is 5.43 Å². The van der Waals surface area contributed by atoms with Crippen LogP contribution in [0.25, 0.3) is 16.6 Å². The van der Waals surface area contributed by atoms with Crippen molar-refractivity contribution in [3.8, 4) is 5.69 Å². The molecule has 0 radical (unpaired) electrons. The van der Waals surface area contributed by atoms with Gasteiger partial charge in [-0.1, -0.05) is 34.5 Å². The van der Waals surface area contributed by atoms with E-state index < -0.39 is 0 Å². The Hall–Kier alpha value is -2.13. The fraction of sp³-hybridized carbons (Fsp3) is 0. The molecule has 0 unspecified atom stereocenters. The molecule has 0 amide bonds. The highest BCUT2D eigenvalue weighted by atomic mass is 35.5. The Bertz CT molecular complexity index is 766. The maximum absolute atomic E-state index is 12.0. The van der Waals surface area contributed by atoms with Crippen molar-refractivity contribution in [1.82, 2.24) is 5.10 Å². The third-order valence-electron chi connectivity index (χ3n) is 2.77. The molecule has 1 aromatic heterocycles. The normalized spacial score (nSPS) is 10.7. The number of rotatable bonds is 1. The number of nitrogens with one attached hydrogen (secondary N) is 1. The summed E-state index contributed by atoms with van der Waals surface area (Å²) in [4.78, 5) is 12.0. The summed E-state index contributed by atoms with van der Waals surface area (Å²) in [6, 6.07) is 14.9. The van der Waals surface area contributed by atoms with Gasteiger partial charge in [-0.15, -0.1) is 0 Å². The number of H-pyrrole nitrogens is 1. The van der Waals surface area contributed by atoms with E-state index in [1.165, 1.54) is 6.20 Å². The number of para-hydroxylation sites is 1. The summed E-state index contributed by atoms with van der Waals surface area (Å²) in [6.07, 6.45) is 1.52. The zero-order valence-corrected chi connectivity index (χ0v) is 10.2. The molecule has 18 heavy (non-hydrogen) atoms. The second-order valence-corrected chi connectivity index (χ2v) is 4.44. The van der Waals surface area contributed by atoms with Crippen LogP contribution in [0.15, 0.2) is 59.5 Å². The molecule has 0 aliphatic heterocycles. The minimum atomic E-state index is -0.0601. The van der Waals surface area contributed by atoms with Gasteiger partial charge in [0.05, 0.1) is 5.39 Å². The van der Waals surface area contributed by atoms with E-state index in [1.807, 2.05) is 30.3 Å². The quantitative estimate of drug-likeness (QED) is 0.668. The van der Waals surface area contributed by atoms with E-state index in [9.17, 15) is 4.79 Å². The lowest BCUT2D eigenvalue weighted by molar-refractivity contribution is -0.657. The number of hydrogen-bond donors (Lipinski definition) is 1. The average Bonchev–Trinajstić information content (AvgIpc) is 2.40. The zero-order chi connectivity index (χ0) is 12.5. The van der Waals surface area contributed by atoms with Crippen LogP contribution in [0.4, 0.5) is 0 Å². The van der Waals surface area contributed by atoms with Gasteiger partial charge in [0.15, 0.2) is 0 Å². The smallest absolute Gasteiger partial charge is 0.254 e. The largest absolute Gasteiger partial charge is 0.282 e. The van der Waals surface area contributed by atoms with Crippen molar-refractivity contribution in [3.05, 3.63) is 70.0 Å². The highest BCUT2D eigenvalue weighted by molar-refractivity contribution is 6.31. The zero-order valence-electron chi connectivity index (χ0n) is 9.43. The van der Waals surface area contributed by atoms with Crippen LogP contribution < -0.4 is 10.1 Å². The molecule has 1 N–H and O–H groups in total. The lowest BCUT2D eigenvalue weighted by Gasteiger charge is -1.98. The van der Waals surface area contributed by atoms with E-state index in [0.29, 0.717) is 10.4 Å². The average molecular weight is 258 g/mol. The van der Waals surface area contributed by atoms with Crippen molar-refractivity contribution in [2.45, 2.75) is 0 Å². The van der Waals surface area contributed by atoms with Gasteiger partial charge in [0, 0.05) is 17.2 Å². The molecule has 2 aromatic carbocycles. The van der Waals surface area contributed by atoms with E-state index >= 15 is 0 Å². The summed E-state index contributed by atoms with van der Waals surface area (Å²) in [6.45, 7) is 0. The Morgan fingerprint density at radius 1 is 1.06 bits per heavy atom. The minimum absolute atomic E-state index is 0.0601. The van der Waals surface area contributed by atoms with E-state index in [4.69, 9.17) is 11.6 Å². The first-order valence-corrected chi connectivity index (χ1v) is 5.91. The molecule has 3 nitrogen and oxygen atoms in total. The molecule has 3 rings (SSSR count). The maximum Gasteiger partial charge on any atom is 0.254 e. The molecular formula is C14H10ClN2O+. The first-order valence-electron chi connectivity index (χ1n) is 5.54. The standard InChI is InChI=1S/C14H9ClN2O/c15-10-6-7-13-12(8-10)14(18)9-17(16-13)11-4-2-1-3-5-11/h1-9H/p+1. The number of halogens is 1. The van der Waals surface area contributed by atoms with E-state index in [0.717, 1.165) is 11.2 Å². The van der Waals surface area contributed by atoms with Crippen LogP contribution in [0.5, 0.6) is 0 Å². The number of fused-ring (bicyclic) bond motifs is 1. The molecule has 0 aliphatic carbocycles. The Kier molecular flexibility index (Phi) is 2.61. The highest BCUT2D eigenvalue weighted by Crippen LogP contribution is 2.13. The maximum atomic E-state index is 12.0. The van der Waals surface area contributed by atoms with Crippen LogP contribution in [0.1, 0.15) is 0 Å². The topological polar surface area (TPSA) is 36.7 Å². The van der Waals surface area contributed by atoms with Crippen LogP contribution in [0, 0.1) is 0 Å². The summed E-state index contributed by atoms with van der Waals surface area (Å²) in [5, 5.41) is 4.32. The minimum Gasteiger partial charge on any atom is -0.282 e. The fourth-order valence-corrected chi connectivity index (χ4v) is 2.07. The summed E-state index contributed by atoms with van der Waals surface area (Å²) in [5.41, 5.74) is 1.61. The third kappa shape index (κ3) is 1.89. The Balaban J connectivity index is 2.29. The van der Waals surface area contributed by atoms with E-state index in [2.05, 4.69) is 5.10 Å². The van der Waals surface area contributed by atoms with Gasteiger partial charge in [-0.05, 0) is 18.2 Å². The summed E-state index contributed by atoms with van der Waals surface area (Å²) in [5.74, 6) is 0. The lowest BCUT2D eigenvalue weighted by atomic mass is 10.2. The molecule has 88 valence electrons. The van der Waals surface area contributed by atoms with Gasteiger partial charge >= 0.3 is 0 Å². The SMILES string of the molecule is O=c1c[n+](-c2ccccc2)[nH]c2ccc(Cl)cc12. The van der Waals surface area contributed by atoms with Gasteiger partial charge in [-0.2, -0.15) is 5.10 Å². The van der Waals surface area contributed by atoms with Crippen molar-refractivity contribution in [1.29, 1.82) is 0 Å². The van der Waals surface area contributed by atoms with Crippen LogP contribution in [0.3, 0.4) is 0 Å². The molecule has 1 heterocycles. The van der Waals surface area contributed by atoms with Gasteiger partial charge < -0.3 is 0 Å². The molecule has 0 saturated carbocycles. The van der Waals surface area contributed by atoms with Gasteiger partial charge in [0.1, 0.15) is 5.52 Å². The van der Waals surface area contributed by atoms with Crippen LogP contribution >= 0.6 is 11.6 Å². The number of aromatic amines is 1. The van der Waals surface area contributed by atoms with Gasteiger partial charge in [0.25, 0.3) is 5.43 Å². The first-order chi connectivity index (χ1) is 8.74. The molecule has 0 atom stereocenters. The molecular weight excluding hydrogens is 248 g/mol. The summed E-state index contributed by atoms with van der Waals surface area (Å²) < 4.78 is 1.71. The molecule has 0 bridgehead atoms.